The normalized spacial score (nSPS) is 18.8. The topological polar surface area (TPSA) is 34.2 Å². The first-order valence-corrected chi connectivity index (χ1v) is 7.03. The second-order valence-electron chi connectivity index (χ2n) is 5.09. The molecular formula is C15H24N2O. The van der Waals surface area contributed by atoms with E-state index < -0.39 is 0 Å². The molecule has 2 heterocycles. The minimum Gasteiger partial charge on any atom is -0.381 e. The van der Waals surface area contributed by atoms with E-state index in [0.29, 0.717) is 6.04 Å². The molecular weight excluding hydrogens is 224 g/mol. The third-order valence-electron chi connectivity index (χ3n) is 3.83. The van der Waals surface area contributed by atoms with E-state index in [1.165, 1.54) is 24.1 Å². The summed E-state index contributed by atoms with van der Waals surface area (Å²) in [5.41, 5.74) is 2.53. The maximum absolute atomic E-state index is 5.46. The maximum Gasteiger partial charge on any atom is 0.0469 e. The average Bonchev–Trinajstić information content (AvgIpc) is 2.42. The molecule has 1 aliphatic rings. The van der Waals surface area contributed by atoms with Gasteiger partial charge in [-0.25, -0.2) is 0 Å². The molecule has 1 saturated heterocycles. The maximum atomic E-state index is 5.46. The zero-order valence-electron chi connectivity index (χ0n) is 11.5. The Hall–Kier alpha value is -0.930. The number of hydrogen-bond acceptors (Lipinski definition) is 3. The molecule has 1 aromatic rings. The van der Waals surface area contributed by atoms with Gasteiger partial charge >= 0.3 is 0 Å². The van der Waals surface area contributed by atoms with Gasteiger partial charge < -0.3 is 10.1 Å². The SMILES string of the molecule is CCNC(Cc1ncccc1C)C1CCOCC1. The van der Waals surface area contributed by atoms with Crippen LogP contribution in [0.25, 0.3) is 0 Å². The summed E-state index contributed by atoms with van der Waals surface area (Å²) in [5.74, 6) is 0.722. The van der Waals surface area contributed by atoms with Crippen LogP contribution in [0.5, 0.6) is 0 Å². The molecule has 3 heteroatoms. The fraction of sp³-hybridized carbons (Fsp3) is 0.667. The highest BCUT2D eigenvalue weighted by atomic mass is 16.5. The van der Waals surface area contributed by atoms with Crippen molar-refractivity contribution in [1.82, 2.24) is 10.3 Å². The van der Waals surface area contributed by atoms with Crippen molar-refractivity contribution in [3.8, 4) is 0 Å². The monoisotopic (exact) mass is 248 g/mol. The molecule has 18 heavy (non-hydrogen) atoms. The van der Waals surface area contributed by atoms with Gasteiger partial charge in [-0.05, 0) is 43.9 Å². The summed E-state index contributed by atoms with van der Waals surface area (Å²) in [6.07, 6.45) is 5.27. The summed E-state index contributed by atoms with van der Waals surface area (Å²) < 4.78 is 5.46. The van der Waals surface area contributed by atoms with Crippen molar-refractivity contribution >= 4 is 0 Å². The van der Waals surface area contributed by atoms with Crippen molar-refractivity contribution < 1.29 is 4.74 Å². The van der Waals surface area contributed by atoms with Gasteiger partial charge in [-0.1, -0.05) is 13.0 Å². The van der Waals surface area contributed by atoms with Crippen molar-refractivity contribution in [3.63, 3.8) is 0 Å². The lowest BCUT2D eigenvalue weighted by Crippen LogP contribution is -2.40. The van der Waals surface area contributed by atoms with Crippen LogP contribution in [0.15, 0.2) is 18.3 Å². The number of aromatic nitrogens is 1. The molecule has 0 saturated carbocycles. The lowest BCUT2D eigenvalue weighted by Gasteiger charge is -2.31. The molecule has 3 nitrogen and oxygen atoms in total. The van der Waals surface area contributed by atoms with Crippen LogP contribution in [0, 0.1) is 12.8 Å². The van der Waals surface area contributed by atoms with Gasteiger partial charge in [0, 0.05) is 37.6 Å². The van der Waals surface area contributed by atoms with Crippen LogP contribution in [-0.4, -0.2) is 30.8 Å². The van der Waals surface area contributed by atoms with Crippen molar-refractivity contribution in [2.24, 2.45) is 5.92 Å². The predicted molar refractivity (Wildman–Crippen MR) is 73.7 cm³/mol. The van der Waals surface area contributed by atoms with Crippen LogP contribution in [0.4, 0.5) is 0 Å². The minimum atomic E-state index is 0.535. The van der Waals surface area contributed by atoms with Crippen molar-refractivity contribution in [1.29, 1.82) is 0 Å². The molecule has 1 aliphatic heterocycles. The van der Waals surface area contributed by atoms with Gasteiger partial charge in [-0.15, -0.1) is 0 Å². The zero-order valence-corrected chi connectivity index (χ0v) is 11.5. The lowest BCUT2D eigenvalue weighted by molar-refractivity contribution is 0.0538. The smallest absolute Gasteiger partial charge is 0.0469 e. The fourth-order valence-corrected chi connectivity index (χ4v) is 2.73. The number of nitrogens with one attached hydrogen (secondary N) is 1. The second kappa shape index (κ2) is 6.86. The van der Waals surface area contributed by atoms with Gasteiger partial charge in [0.05, 0.1) is 0 Å². The lowest BCUT2D eigenvalue weighted by atomic mass is 9.88. The van der Waals surface area contributed by atoms with Gasteiger partial charge in [0.25, 0.3) is 0 Å². The molecule has 0 radical (unpaired) electrons. The number of pyridine rings is 1. The molecule has 0 amide bonds. The van der Waals surface area contributed by atoms with E-state index in [2.05, 4.69) is 30.2 Å². The van der Waals surface area contributed by atoms with Crippen molar-refractivity contribution in [2.75, 3.05) is 19.8 Å². The van der Waals surface area contributed by atoms with Crippen LogP contribution < -0.4 is 5.32 Å². The molecule has 0 aliphatic carbocycles. The Morgan fingerprint density at radius 3 is 2.89 bits per heavy atom. The number of aryl methyl sites for hydroxylation is 1. The zero-order chi connectivity index (χ0) is 12.8. The van der Waals surface area contributed by atoms with Gasteiger partial charge in [0.2, 0.25) is 0 Å². The number of ether oxygens (including phenoxy) is 1. The Bertz CT molecular complexity index is 361. The van der Waals surface area contributed by atoms with E-state index in [1.54, 1.807) is 0 Å². The molecule has 1 atom stereocenters. The van der Waals surface area contributed by atoms with Crippen molar-refractivity contribution in [2.45, 2.75) is 39.2 Å². The quantitative estimate of drug-likeness (QED) is 0.868. The fourth-order valence-electron chi connectivity index (χ4n) is 2.73. The van der Waals surface area contributed by atoms with Crippen LogP contribution in [0.2, 0.25) is 0 Å². The number of hydrogen-bond donors (Lipinski definition) is 1. The van der Waals surface area contributed by atoms with E-state index in [9.17, 15) is 0 Å². The van der Waals surface area contributed by atoms with Gasteiger partial charge in [-0.2, -0.15) is 0 Å². The predicted octanol–water partition coefficient (Wildman–Crippen LogP) is 2.34. The van der Waals surface area contributed by atoms with Crippen LogP contribution in [0.3, 0.4) is 0 Å². The molecule has 1 fully saturated rings. The first-order chi connectivity index (χ1) is 8.81. The highest BCUT2D eigenvalue weighted by Gasteiger charge is 2.24. The Kier molecular flexibility index (Phi) is 5.14. The van der Waals surface area contributed by atoms with E-state index >= 15 is 0 Å². The summed E-state index contributed by atoms with van der Waals surface area (Å²) in [4.78, 5) is 4.52. The Morgan fingerprint density at radius 1 is 1.44 bits per heavy atom. The van der Waals surface area contributed by atoms with Crippen LogP contribution >= 0.6 is 0 Å². The highest BCUT2D eigenvalue weighted by molar-refractivity contribution is 5.18. The summed E-state index contributed by atoms with van der Waals surface area (Å²) in [6.45, 7) is 7.17. The molecule has 0 bridgehead atoms. The molecule has 1 unspecified atom stereocenters. The third-order valence-corrected chi connectivity index (χ3v) is 3.83. The molecule has 0 aromatic carbocycles. The standard InChI is InChI=1S/C15H24N2O/c1-3-16-15(13-6-9-18-10-7-13)11-14-12(2)5-4-8-17-14/h4-5,8,13,15-16H,3,6-7,9-11H2,1-2H3. The van der Waals surface area contributed by atoms with Crippen LogP contribution in [-0.2, 0) is 11.2 Å². The summed E-state index contributed by atoms with van der Waals surface area (Å²) in [7, 11) is 0. The molecule has 100 valence electrons. The van der Waals surface area contributed by atoms with Gasteiger partial charge in [-0.3, -0.25) is 4.98 Å². The van der Waals surface area contributed by atoms with Gasteiger partial charge in [0.1, 0.15) is 0 Å². The summed E-state index contributed by atoms with van der Waals surface area (Å²) in [5, 5.41) is 3.63. The largest absolute Gasteiger partial charge is 0.381 e. The number of rotatable bonds is 5. The Labute approximate surface area is 110 Å². The molecule has 0 spiro atoms. The van der Waals surface area contributed by atoms with Crippen molar-refractivity contribution in [3.05, 3.63) is 29.6 Å². The van der Waals surface area contributed by atoms with E-state index in [-0.39, 0.29) is 0 Å². The average molecular weight is 248 g/mol. The molecule has 2 rings (SSSR count). The van der Waals surface area contributed by atoms with E-state index in [0.717, 1.165) is 32.1 Å². The third kappa shape index (κ3) is 3.53. The number of nitrogens with zero attached hydrogens (tertiary/aromatic N) is 1. The van der Waals surface area contributed by atoms with E-state index in [4.69, 9.17) is 4.74 Å². The Morgan fingerprint density at radius 2 is 2.22 bits per heavy atom. The second-order valence-corrected chi connectivity index (χ2v) is 5.09. The van der Waals surface area contributed by atoms with Gasteiger partial charge in [0.15, 0.2) is 0 Å². The summed E-state index contributed by atoms with van der Waals surface area (Å²) >= 11 is 0. The first kappa shape index (κ1) is 13.5. The summed E-state index contributed by atoms with van der Waals surface area (Å²) in [6, 6.07) is 4.69. The molecule has 1 N–H and O–H groups in total. The highest BCUT2D eigenvalue weighted by Crippen LogP contribution is 2.22. The van der Waals surface area contributed by atoms with E-state index in [1.807, 2.05) is 12.3 Å². The van der Waals surface area contributed by atoms with Crippen LogP contribution in [0.1, 0.15) is 31.0 Å². The molecule has 1 aromatic heterocycles. The first-order valence-electron chi connectivity index (χ1n) is 7.03. The Balaban J connectivity index is 2.03. The minimum absolute atomic E-state index is 0.535. The number of likely N-dealkylation sites (N-methyl/N-ethyl adjacent to an activating group) is 1.